The largest absolute Gasteiger partial charge is 0.383 e. The predicted octanol–water partition coefficient (Wildman–Crippen LogP) is 4.61. The van der Waals surface area contributed by atoms with Gasteiger partial charge in [0.1, 0.15) is 23.1 Å². The molecular weight excluding hydrogens is 860 g/mol. The molecule has 0 aliphatic carbocycles. The first-order valence-electron chi connectivity index (χ1n) is 23.5. The third-order valence-electron chi connectivity index (χ3n) is 12.8. The molecule has 0 radical (unpaired) electrons. The van der Waals surface area contributed by atoms with Gasteiger partial charge in [0.25, 0.3) is 0 Å². The summed E-state index contributed by atoms with van der Waals surface area (Å²) < 4.78 is 38.6. The molecule has 2 atom stereocenters. The monoisotopic (exact) mass is 918 g/mol. The Kier molecular flexibility index (Phi) is 15.2. The number of carbonyl (C=O) groups excluding carboxylic acids is 3. The average Bonchev–Trinajstić information content (AvgIpc) is 4.12. The Labute approximate surface area is 389 Å². The normalized spacial score (nSPS) is 18.8. The van der Waals surface area contributed by atoms with Crippen LogP contribution in [0.2, 0.25) is 0 Å². The number of fused-ring (bicyclic) bond motifs is 2. The van der Waals surface area contributed by atoms with Crippen LogP contribution in [0.15, 0.2) is 79.0 Å². The Hall–Kier alpha value is -6.05. The van der Waals surface area contributed by atoms with E-state index in [-0.39, 0.29) is 35.6 Å². The highest BCUT2D eigenvalue weighted by Gasteiger charge is 2.35. The number of piperidine rings is 1. The third kappa shape index (κ3) is 11.6. The highest BCUT2D eigenvalue weighted by molar-refractivity contribution is 6.00. The molecule has 5 aromatic rings. The second-order valence-corrected chi connectivity index (χ2v) is 17.2. The number of anilines is 3. The first-order valence-corrected chi connectivity index (χ1v) is 23.5. The number of hydrogen-bond donors (Lipinski definition) is 2. The summed E-state index contributed by atoms with van der Waals surface area (Å²) >= 11 is 0. The number of piperazine rings is 1. The number of nitrogens with zero attached hydrogens (tertiary/aromatic N) is 8. The molecule has 17 nitrogen and oxygen atoms in total. The van der Waals surface area contributed by atoms with Crippen molar-refractivity contribution in [1.29, 1.82) is 0 Å². The summed E-state index contributed by atoms with van der Waals surface area (Å²) in [4.78, 5) is 54.9. The van der Waals surface area contributed by atoms with Gasteiger partial charge < -0.3 is 39.0 Å². The molecule has 4 aliphatic rings. The van der Waals surface area contributed by atoms with Crippen LogP contribution in [0.25, 0.3) is 17.0 Å². The second kappa shape index (κ2) is 22.2. The number of amides is 3. The average molecular weight is 919 g/mol. The number of ether oxygens (including phenoxy) is 4. The molecule has 3 aromatic heterocycles. The summed E-state index contributed by atoms with van der Waals surface area (Å²) in [6, 6.07) is 22.8. The van der Waals surface area contributed by atoms with Crippen LogP contribution >= 0.6 is 0 Å². The van der Waals surface area contributed by atoms with Gasteiger partial charge in [-0.05, 0) is 84.5 Å². The number of nitrogens with one attached hydrogen (secondary N) is 2. The summed E-state index contributed by atoms with van der Waals surface area (Å²) in [6.07, 6.45) is 4.99. The lowest BCUT2D eigenvalue weighted by molar-refractivity contribution is -0.138. The van der Waals surface area contributed by atoms with E-state index in [0.29, 0.717) is 118 Å². The topological polar surface area (TPSA) is 168 Å². The number of aromatic nitrogens is 4. The number of carbonyl (C=O) groups is 3. The lowest BCUT2D eigenvalue weighted by Gasteiger charge is -2.35. The molecule has 67 heavy (non-hydrogen) atoms. The maximum atomic E-state index is 14.1. The van der Waals surface area contributed by atoms with Crippen molar-refractivity contribution in [1.82, 2.24) is 34.7 Å². The van der Waals surface area contributed by atoms with Crippen LogP contribution in [0.4, 0.5) is 21.7 Å². The lowest BCUT2D eigenvalue weighted by atomic mass is 10.0. The first kappa shape index (κ1) is 46.1. The minimum atomic E-state index is -0.262. The van der Waals surface area contributed by atoms with Crippen molar-refractivity contribution in [2.45, 2.75) is 57.3 Å². The zero-order chi connectivity index (χ0) is 46.0. The van der Waals surface area contributed by atoms with Crippen molar-refractivity contribution in [3.05, 3.63) is 102 Å². The van der Waals surface area contributed by atoms with E-state index in [1.165, 1.54) is 17.2 Å². The van der Waals surface area contributed by atoms with E-state index in [2.05, 4.69) is 42.5 Å². The SMILES string of the molecule is O=C1CCC(N2Cc3ccc(NCCOCCOCCOCCOCCC(=O)N4CCN(c5cccc(-c6cnc7ccc(N8CCC[C@@H]8c8cccc(F)c8)nn67)n5)CC4)cc3C2)C(=O)N1. The summed E-state index contributed by atoms with van der Waals surface area (Å²) in [6.45, 7) is 8.97. The summed E-state index contributed by atoms with van der Waals surface area (Å²) in [7, 11) is 0. The molecule has 9 rings (SSSR count). The fourth-order valence-corrected chi connectivity index (χ4v) is 9.35. The van der Waals surface area contributed by atoms with E-state index in [1.807, 2.05) is 51.9 Å². The molecule has 3 saturated heterocycles. The number of imide groups is 1. The highest BCUT2D eigenvalue weighted by Crippen LogP contribution is 2.36. The van der Waals surface area contributed by atoms with Gasteiger partial charge in [-0.15, -0.1) is 5.10 Å². The zero-order valence-electron chi connectivity index (χ0n) is 37.8. The zero-order valence-corrected chi connectivity index (χ0v) is 37.8. The van der Waals surface area contributed by atoms with Gasteiger partial charge in [-0.1, -0.05) is 24.3 Å². The van der Waals surface area contributed by atoms with Crippen LogP contribution in [0.3, 0.4) is 0 Å². The van der Waals surface area contributed by atoms with E-state index in [4.69, 9.17) is 29.0 Å². The molecule has 4 aliphatic heterocycles. The van der Waals surface area contributed by atoms with E-state index < -0.39 is 0 Å². The van der Waals surface area contributed by atoms with E-state index >= 15 is 0 Å². The van der Waals surface area contributed by atoms with Gasteiger partial charge in [-0.2, -0.15) is 0 Å². The fraction of sp³-hybridized carbons (Fsp3) is 0.469. The molecule has 0 bridgehead atoms. The molecule has 18 heteroatoms. The number of halogens is 1. The lowest BCUT2D eigenvalue weighted by Crippen LogP contribution is -2.50. The van der Waals surface area contributed by atoms with E-state index in [0.717, 1.165) is 59.3 Å². The van der Waals surface area contributed by atoms with E-state index in [9.17, 15) is 18.8 Å². The van der Waals surface area contributed by atoms with Crippen LogP contribution in [-0.4, -0.2) is 145 Å². The maximum absolute atomic E-state index is 14.1. The van der Waals surface area contributed by atoms with Gasteiger partial charge in [-0.3, -0.25) is 24.6 Å². The molecule has 0 saturated carbocycles. The van der Waals surface area contributed by atoms with Gasteiger partial charge in [0.15, 0.2) is 5.65 Å². The summed E-state index contributed by atoms with van der Waals surface area (Å²) in [5.74, 6) is 1.10. The molecule has 3 amide bonds. The predicted molar refractivity (Wildman–Crippen MR) is 249 cm³/mol. The minimum Gasteiger partial charge on any atom is -0.383 e. The number of hydrogen-bond acceptors (Lipinski definition) is 14. The number of benzene rings is 2. The van der Waals surface area contributed by atoms with Crippen LogP contribution in [0.1, 0.15) is 54.8 Å². The fourth-order valence-electron chi connectivity index (χ4n) is 9.35. The van der Waals surface area contributed by atoms with Gasteiger partial charge in [-0.25, -0.2) is 18.9 Å². The molecule has 0 spiro atoms. The van der Waals surface area contributed by atoms with Gasteiger partial charge in [0.2, 0.25) is 17.7 Å². The summed E-state index contributed by atoms with van der Waals surface area (Å²) in [5, 5.41) is 10.9. The first-order chi connectivity index (χ1) is 32.9. The maximum Gasteiger partial charge on any atom is 0.243 e. The number of rotatable bonds is 21. The summed E-state index contributed by atoms with van der Waals surface area (Å²) in [5.41, 5.74) is 6.63. The molecule has 3 fully saturated rings. The Balaban J connectivity index is 0.607. The highest BCUT2D eigenvalue weighted by atomic mass is 19.1. The van der Waals surface area contributed by atoms with Crippen LogP contribution < -0.4 is 20.4 Å². The van der Waals surface area contributed by atoms with E-state index in [1.54, 1.807) is 18.3 Å². The van der Waals surface area contributed by atoms with Gasteiger partial charge >= 0.3 is 0 Å². The molecular formula is C49H59FN10O7. The molecule has 2 aromatic carbocycles. The Morgan fingerprint density at radius 3 is 2.31 bits per heavy atom. The van der Waals surface area contributed by atoms with Crippen LogP contribution in [0.5, 0.6) is 0 Å². The molecule has 1 unspecified atom stereocenters. The Morgan fingerprint density at radius 2 is 1.52 bits per heavy atom. The van der Waals surface area contributed by atoms with Gasteiger partial charge in [0.05, 0.1) is 83.3 Å². The van der Waals surface area contributed by atoms with Crippen molar-refractivity contribution >= 4 is 40.7 Å². The van der Waals surface area contributed by atoms with Crippen LogP contribution in [-0.2, 0) is 46.4 Å². The minimum absolute atomic E-state index is 0.0544. The number of pyridine rings is 1. The van der Waals surface area contributed by atoms with Crippen molar-refractivity contribution < 1.29 is 37.7 Å². The molecule has 2 N–H and O–H groups in total. The van der Waals surface area contributed by atoms with Gasteiger partial charge in [0, 0.05) is 64.5 Å². The quantitative estimate of drug-likeness (QED) is 0.0774. The van der Waals surface area contributed by atoms with Crippen molar-refractivity contribution in [3.63, 3.8) is 0 Å². The van der Waals surface area contributed by atoms with Crippen molar-refractivity contribution in [2.24, 2.45) is 0 Å². The smallest absolute Gasteiger partial charge is 0.243 e. The number of imidazole rings is 1. The molecule has 354 valence electrons. The second-order valence-electron chi connectivity index (χ2n) is 17.2. The van der Waals surface area contributed by atoms with Crippen molar-refractivity contribution in [2.75, 3.05) is 107 Å². The van der Waals surface area contributed by atoms with Crippen LogP contribution in [0, 0.1) is 5.82 Å². The van der Waals surface area contributed by atoms with Crippen molar-refractivity contribution in [3.8, 4) is 11.4 Å². The molecule has 7 heterocycles. The third-order valence-corrected chi connectivity index (χ3v) is 12.8. The standard InChI is InChI=1S/C49H59FN10O7/c50-38-5-1-4-35(30-38)41-7-3-17-59(41)46-13-12-44-52-32-43(60(44)55-46)40-6-2-8-45(53-40)56-18-20-57(21-19-56)48(62)15-22-64-24-26-66-28-29-67-27-25-65-23-16-51-39-10-9-36-33-58(34-37(36)31-39)42-11-14-47(61)54-49(42)63/h1-2,4-6,8-10,12-13,30-32,41-42,51H,3,7,11,14-29,33-34H2,(H,54,61,63)/t41-,42?/m1/s1. The Bertz CT molecular complexity index is 2500. The Morgan fingerprint density at radius 1 is 0.761 bits per heavy atom.